The molecule has 0 aliphatic carbocycles. The van der Waals surface area contributed by atoms with E-state index in [9.17, 15) is 17.6 Å². The summed E-state index contributed by atoms with van der Waals surface area (Å²) >= 11 is 0. The van der Waals surface area contributed by atoms with Gasteiger partial charge in [0.2, 0.25) is 10.0 Å². The van der Waals surface area contributed by atoms with Crippen molar-refractivity contribution in [2.75, 3.05) is 32.9 Å². The van der Waals surface area contributed by atoms with E-state index >= 15 is 0 Å². The maximum atomic E-state index is 14.4. The van der Waals surface area contributed by atoms with Crippen molar-refractivity contribution in [3.05, 3.63) is 59.4 Å². The van der Waals surface area contributed by atoms with E-state index in [1.54, 1.807) is 0 Å². The molecule has 4 rings (SSSR count). The van der Waals surface area contributed by atoms with Crippen LogP contribution in [0.1, 0.15) is 28.4 Å². The number of carbonyl (C=O) groups excluding carboxylic acids is 1. The fourth-order valence-corrected chi connectivity index (χ4v) is 4.94. The smallest absolute Gasteiger partial charge is 0.254 e. The molecular formula is C20H21FN2O5S. The van der Waals surface area contributed by atoms with Crippen LogP contribution in [-0.2, 0) is 14.8 Å². The number of nitrogens with zero attached hydrogens (tertiary/aromatic N) is 1. The summed E-state index contributed by atoms with van der Waals surface area (Å²) in [6.07, 6.45) is 0.538. The lowest BCUT2D eigenvalue weighted by Gasteiger charge is -2.27. The molecule has 1 atom stereocenters. The van der Waals surface area contributed by atoms with Gasteiger partial charge in [0, 0.05) is 25.1 Å². The number of carbonyl (C=O) groups is 1. The number of fused-ring (bicyclic) bond motifs is 1. The third-order valence-electron chi connectivity index (χ3n) is 5.05. The summed E-state index contributed by atoms with van der Waals surface area (Å²) in [5.41, 5.74) is 0.507. The van der Waals surface area contributed by atoms with Crippen LogP contribution in [0.2, 0.25) is 0 Å². The summed E-state index contributed by atoms with van der Waals surface area (Å²) in [7, 11) is -3.83. The molecule has 0 bridgehead atoms. The SMILES string of the molecule is O=C(N[C@@H]1CCOc2ccccc21)c1cc(S(=O)(=O)N2CCOCC2)ccc1F. The van der Waals surface area contributed by atoms with Crippen LogP contribution < -0.4 is 10.1 Å². The number of amides is 1. The zero-order valence-electron chi connectivity index (χ0n) is 15.6. The molecule has 1 fully saturated rings. The highest BCUT2D eigenvalue weighted by Gasteiger charge is 2.29. The number of ether oxygens (including phenoxy) is 2. The highest BCUT2D eigenvalue weighted by Crippen LogP contribution is 2.32. The van der Waals surface area contributed by atoms with E-state index in [2.05, 4.69) is 5.32 Å². The van der Waals surface area contributed by atoms with Crippen molar-refractivity contribution in [2.45, 2.75) is 17.4 Å². The lowest BCUT2D eigenvalue weighted by molar-refractivity contribution is 0.0730. The van der Waals surface area contributed by atoms with Gasteiger partial charge in [-0.05, 0) is 24.3 Å². The van der Waals surface area contributed by atoms with Gasteiger partial charge in [-0.25, -0.2) is 12.8 Å². The molecule has 154 valence electrons. The molecule has 2 heterocycles. The topological polar surface area (TPSA) is 84.9 Å². The Bertz CT molecular complexity index is 1020. The molecule has 2 aliphatic heterocycles. The summed E-state index contributed by atoms with van der Waals surface area (Å²) < 4.78 is 52.1. The summed E-state index contributed by atoms with van der Waals surface area (Å²) in [6.45, 7) is 1.48. The third kappa shape index (κ3) is 3.98. The first-order chi connectivity index (χ1) is 14.0. The van der Waals surface area contributed by atoms with Gasteiger partial charge < -0.3 is 14.8 Å². The number of rotatable bonds is 4. The Hall–Kier alpha value is -2.49. The second-order valence-corrected chi connectivity index (χ2v) is 8.80. The summed E-state index contributed by atoms with van der Waals surface area (Å²) in [6, 6.07) is 10.3. The number of para-hydroxylation sites is 1. The molecule has 1 amide bonds. The Kier molecular flexibility index (Phi) is 5.53. The van der Waals surface area contributed by atoms with Gasteiger partial charge in [0.1, 0.15) is 11.6 Å². The third-order valence-corrected chi connectivity index (χ3v) is 6.95. The molecule has 1 saturated heterocycles. The molecule has 2 aromatic carbocycles. The minimum Gasteiger partial charge on any atom is -0.493 e. The number of nitrogens with one attached hydrogen (secondary N) is 1. The van der Waals surface area contributed by atoms with E-state index in [0.717, 1.165) is 17.7 Å². The highest BCUT2D eigenvalue weighted by molar-refractivity contribution is 7.89. The first-order valence-corrected chi connectivity index (χ1v) is 10.8. The van der Waals surface area contributed by atoms with Crippen molar-refractivity contribution in [1.29, 1.82) is 0 Å². The molecule has 1 N–H and O–H groups in total. The summed E-state index contributed by atoms with van der Waals surface area (Å²) in [4.78, 5) is 12.7. The van der Waals surface area contributed by atoms with Crippen LogP contribution in [0.25, 0.3) is 0 Å². The monoisotopic (exact) mass is 420 g/mol. The molecule has 0 saturated carbocycles. The molecule has 7 nitrogen and oxygen atoms in total. The van der Waals surface area contributed by atoms with E-state index in [-0.39, 0.29) is 29.6 Å². The molecule has 0 unspecified atom stereocenters. The molecule has 29 heavy (non-hydrogen) atoms. The van der Waals surface area contributed by atoms with Gasteiger partial charge in [-0.2, -0.15) is 4.31 Å². The van der Waals surface area contributed by atoms with Crippen molar-refractivity contribution < 1.29 is 27.1 Å². The number of sulfonamides is 1. The first-order valence-electron chi connectivity index (χ1n) is 9.37. The average Bonchev–Trinajstić information content (AvgIpc) is 2.75. The lowest BCUT2D eigenvalue weighted by atomic mass is 10.00. The molecule has 0 aromatic heterocycles. The second-order valence-electron chi connectivity index (χ2n) is 6.86. The van der Waals surface area contributed by atoms with Gasteiger partial charge in [0.15, 0.2) is 0 Å². The van der Waals surface area contributed by atoms with Crippen molar-refractivity contribution in [1.82, 2.24) is 9.62 Å². The quantitative estimate of drug-likeness (QED) is 0.819. The zero-order valence-corrected chi connectivity index (χ0v) is 16.5. The number of hydrogen-bond acceptors (Lipinski definition) is 5. The van der Waals surface area contributed by atoms with Crippen molar-refractivity contribution in [3.63, 3.8) is 0 Å². The molecule has 2 aromatic rings. The van der Waals surface area contributed by atoms with Crippen LogP contribution in [0, 0.1) is 5.82 Å². The standard InChI is InChI=1S/C20H21FN2O5S/c21-17-6-5-14(29(25,26)23-8-11-27-12-9-23)13-16(17)20(24)22-18-7-10-28-19-4-2-1-3-15(18)19/h1-6,13,18H,7-12H2,(H,22,24)/t18-/m1/s1. The van der Waals surface area contributed by atoms with Gasteiger partial charge in [-0.3, -0.25) is 4.79 Å². The Morgan fingerprint density at radius 3 is 2.66 bits per heavy atom. The number of benzene rings is 2. The van der Waals surface area contributed by atoms with E-state index in [0.29, 0.717) is 32.0 Å². The van der Waals surface area contributed by atoms with Crippen LogP contribution >= 0.6 is 0 Å². The predicted molar refractivity (Wildman–Crippen MR) is 103 cm³/mol. The minimum atomic E-state index is -3.83. The van der Waals surface area contributed by atoms with Crippen LogP contribution in [0.3, 0.4) is 0 Å². The normalized spacial score (nSPS) is 19.8. The maximum Gasteiger partial charge on any atom is 0.254 e. The Morgan fingerprint density at radius 1 is 1.10 bits per heavy atom. The fourth-order valence-electron chi connectivity index (χ4n) is 3.50. The van der Waals surface area contributed by atoms with E-state index in [4.69, 9.17) is 9.47 Å². The molecule has 0 radical (unpaired) electrons. The van der Waals surface area contributed by atoms with Gasteiger partial charge in [0.25, 0.3) is 5.91 Å². The fraction of sp³-hybridized carbons (Fsp3) is 0.350. The molecule has 0 spiro atoms. The van der Waals surface area contributed by atoms with Crippen LogP contribution in [0.5, 0.6) is 5.75 Å². The highest BCUT2D eigenvalue weighted by atomic mass is 32.2. The van der Waals surface area contributed by atoms with Crippen LogP contribution in [0.4, 0.5) is 4.39 Å². The largest absolute Gasteiger partial charge is 0.493 e. The average molecular weight is 420 g/mol. The van der Waals surface area contributed by atoms with E-state index in [1.807, 2.05) is 24.3 Å². The molecule has 2 aliphatic rings. The Morgan fingerprint density at radius 2 is 1.86 bits per heavy atom. The number of hydrogen-bond donors (Lipinski definition) is 1. The van der Waals surface area contributed by atoms with Crippen molar-refractivity contribution >= 4 is 15.9 Å². The molecule has 9 heteroatoms. The number of morpholine rings is 1. The first kappa shape index (κ1) is 19.8. The Labute approximate surface area is 168 Å². The maximum absolute atomic E-state index is 14.4. The van der Waals surface area contributed by atoms with Gasteiger partial charge >= 0.3 is 0 Å². The summed E-state index contributed by atoms with van der Waals surface area (Å²) in [5.74, 6) is -0.764. The van der Waals surface area contributed by atoms with Crippen molar-refractivity contribution in [3.8, 4) is 5.75 Å². The number of halogens is 1. The van der Waals surface area contributed by atoms with Crippen molar-refractivity contribution in [2.24, 2.45) is 0 Å². The molecular weight excluding hydrogens is 399 g/mol. The predicted octanol–water partition coefficient (Wildman–Crippen LogP) is 2.10. The van der Waals surface area contributed by atoms with Gasteiger partial charge in [-0.15, -0.1) is 0 Å². The zero-order chi connectivity index (χ0) is 20.4. The lowest BCUT2D eigenvalue weighted by Crippen LogP contribution is -2.40. The van der Waals surface area contributed by atoms with Crippen LogP contribution in [0.15, 0.2) is 47.4 Å². The second kappa shape index (κ2) is 8.10. The Balaban J connectivity index is 1.59. The van der Waals surface area contributed by atoms with Gasteiger partial charge in [-0.1, -0.05) is 18.2 Å². The van der Waals surface area contributed by atoms with E-state index < -0.39 is 21.7 Å². The van der Waals surface area contributed by atoms with Gasteiger partial charge in [0.05, 0.1) is 36.3 Å². The summed E-state index contributed by atoms with van der Waals surface area (Å²) in [5, 5.41) is 2.80. The van der Waals surface area contributed by atoms with Crippen LogP contribution in [-0.4, -0.2) is 51.5 Å². The minimum absolute atomic E-state index is 0.113. The van der Waals surface area contributed by atoms with E-state index in [1.165, 1.54) is 10.4 Å².